The molecule has 2 N–H and O–H groups in total. The van der Waals surface area contributed by atoms with Crippen molar-refractivity contribution in [1.82, 2.24) is 14.9 Å². The molecule has 1 aromatic heterocycles. The lowest BCUT2D eigenvalue weighted by molar-refractivity contribution is -0.117. The van der Waals surface area contributed by atoms with E-state index in [0.29, 0.717) is 34.5 Å². The van der Waals surface area contributed by atoms with E-state index in [0.717, 1.165) is 0 Å². The minimum atomic E-state index is -0.364. The van der Waals surface area contributed by atoms with Crippen molar-refractivity contribution in [1.29, 1.82) is 0 Å². The Morgan fingerprint density at radius 1 is 1.25 bits per heavy atom. The topological polar surface area (TPSA) is 78.1 Å². The first-order valence-corrected chi connectivity index (χ1v) is 9.11. The Morgan fingerprint density at radius 2 is 2.00 bits per heavy atom. The van der Waals surface area contributed by atoms with Crippen LogP contribution in [0.5, 0.6) is 0 Å². The summed E-state index contributed by atoms with van der Waals surface area (Å²) in [6, 6.07) is 11.7. The summed E-state index contributed by atoms with van der Waals surface area (Å²) in [6.07, 6.45) is 0. The maximum absolute atomic E-state index is 13.7. The Morgan fingerprint density at radius 3 is 2.71 bits per heavy atom. The van der Waals surface area contributed by atoms with E-state index in [1.807, 2.05) is 24.8 Å². The molecule has 0 atom stereocenters. The van der Waals surface area contributed by atoms with Gasteiger partial charge in [-0.1, -0.05) is 18.2 Å². The van der Waals surface area contributed by atoms with Gasteiger partial charge in [0, 0.05) is 11.7 Å². The number of anilines is 1. The number of hydrogen-bond acceptors (Lipinski definition) is 4. The third-order valence-electron chi connectivity index (χ3n) is 4.55. The Labute approximate surface area is 162 Å². The Bertz CT molecular complexity index is 1060. The first kappa shape index (κ1) is 19.7. The molecule has 0 radical (unpaired) electrons. The second kappa shape index (κ2) is 8.31. The van der Waals surface area contributed by atoms with Crippen molar-refractivity contribution in [3.63, 3.8) is 0 Å². The van der Waals surface area contributed by atoms with Gasteiger partial charge in [-0.15, -0.1) is 0 Å². The molecule has 6 nitrogen and oxygen atoms in total. The molecule has 2 aromatic carbocycles. The number of aromatic nitrogens is 2. The highest BCUT2D eigenvalue weighted by Gasteiger charge is 2.17. The number of nitrogens with zero attached hydrogens (tertiary/aromatic N) is 2. The summed E-state index contributed by atoms with van der Waals surface area (Å²) in [5.41, 5.74) is 1.34. The second-order valence-corrected chi connectivity index (χ2v) is 7.04. The zero-order valence-electron chi connectivity index (χ0n) is 16.1. The smallest absolute Gasteiger partial charge is 0.258 e. The fourth-order valence-electron chi connectivity index (χ4n) is 2.88. The molecule has 0 aliphatic heterocycles. The van der Waals surface area contributed by atoms with Gasteiger partial charge >= 0.3 is 0 Å². The van der Waals surface area contributed by atoms with Gasteiger partial charge in [-0.05, 0) is 50.6 Å². The number of rotatable bonds is 6. The third kappa shape index (κ3) is 4.61. The molecule has 1 heterocycles. The summed E-state index contributed by atoms with van der Waals surface area (Å²) in [4.78, 5) is 33.8. The normalized spacial score (nSPS) is 11.4. The van der Waals surface area contributed by atoms with Crippen molar-refractivity contribution in [2.24, 2.45) is 0 Å². The first-order chi connectivity index (χ1) is 13.3. The van der Waals surface area contributed by atoms with Gasteiger partial charge in [-0.3, -0.25) is 14.5 Å². The third-order valence-corrected chi connectivity index (χ3v) is 4.55. The fourth-order valence-corrected chi connectivity index (χ4v) is 2.88. The van der Waals surface area contributed by atoms with Crippen LogP contribution in [0.2, 0.25) is 0 Å². The highest BCUT2D eigenvalue weighted by molar-refractivity contribution is 5.92. The van der Waals surface area contributed by atoms with E-state index in [9.17, 15) is 14.0 Å². The molecular weight excluding hydrogens is 359 g/mol. The van der Waals surface area contributed by atoms with Crippen LogP contribution in [0.4, 0.5) is 10.1 Å². The average Bonchev–Trinajstić information content (AvgIpc) is 2.64. The molecule has 0 aliphatic carbocycles. The maximum atomic E-state index is 13.7. The van der Waals surface area contributed by atoms with Gasteiger partial charge in [-0.2, -0.15) is 0 Å². The van der Waals surface area contributed by atoms with Crippen LogP contribution in [-0.4, -0.2) is 33.4 Å². The number of amides is 1. The van der Waals surface area contributed by atoms with E-state index in [1.54, 1.807) is 37.3 Å². The summed E-state index contributed by atoms with van der Waals surface area (Å²) >= 11 is 0. The zero-order chi connectivity index (χ0) is 20.3. The van der Waals surface area contributed by atoms with Crippen molar-refractivity contribution in [3.8, 4) is 0 Å². The summed E-state index contributed by atoms with van der Waals surface area (Å²) in [5.74, 6) is -0.136. The van der Waals surface area contributed by atoms with E-state index in [-0.39, 0.29) is 29.9 Å². The summed E-state index contributed by atoms with van der Waals surface area (Å²) in [5, 5.41) is 3.24. The van der Waals surface area contributed by atoms with Crippen molar-refractivity contribution >= 4 is 22.5 Å². The van der Waals surface area contributed by atoms with E-state index in [1.165, 1.54) is 6.07 Å². The molecule has 0 spiro atoms. The lowest BCUT2D eigenvalue weighted by Crippen LogP contribution is -2.38. The van der Waals surface area contributed by atoms with Crippen LogP contribution < -0.4 is 10.9 Å². The van der Waals surface area contributed by atoms with Crippen molar-refractivity contribution < 1.29 is 9.18 Å². The number of para-hydroxylation sites is 1. The molecule has 28 heavy (non-hydrogen) atoms. The predicted molar refractivity (Wildman–Crippen MR) is 108 cm³/mol. The van der Waals surface area contributed by atoms with E-state index in [2.05, 4.69) is 15.3 Å². The van der Waals surface area contributed by atoms with Crippen LogP contribution in [-0.2, 0) is 11.3 Å². The van der Waals surface area contributed by atoms with E-state index in [4.69, 9.17) is 0 Å². The molecule has 0 saturated carbocycles. The van der Waals surface area contributed by atoms with Gasteiger partial charge in [-0.25, -0.2) is 9.37 Å². The van der Waals surface area contributed by atoms with Crippen molar-refractivity contribution in [2.75, 3.05) is 11.9 Å². The monoisotopic (exact) mass is 382 g/mol. The zero-order valence-corrected chi connectivity index (χ0v) is 16.1. The SMILES string of the molecule is Cc1ccc(NC(=O)CN(Cc2nc3ccccc3c(=O)[nH]2)C(C)C)cc1F. The molecule has 0 unspecified atom stereocenters. The highest BCUT2D eigenvalue weighted by Crippen LogP contribution is 2.14. The van der Waals surface area contributed by atoms with Crippen LogP contribution >= 0.6 is 0 Å². The second-order valence-electron chi connectivity index (χ2n) is 7.04. The maximum Gasteiger partial charge on any atom is 0.258 e. The van der Waals surface area contributed by atoms with E-state index >= 15 is 0 Å². The van der Waals surface area contributed by atoms with Gasteiger partial charge < -0.3 is 10.3 Å². The lowest BCUT2D eigenvalue weighted by atomic mass is 10.2. The lowest BCUT2D eigenvalue weighted by Gasteiger charge is -2.25. The molecule has 146 valence electrons. The first-order valence-electron chi connectivity index (χ1n) is 9.11. The Kier molecular flexibility index (Phi) is 5.84. The van der Waals surface area contributed by atoms with Crippen LogP contribution in [0.25, 0.3) is 10.9 Å². The van der Waals surface area contributed by atoms with Crippen molar-refractivity contribution in [3.05, 3.63) is 70.0 Å². The van der Waals surface area contributed by atoms with Crippen LogP contribution in [0, 0.1) is 12.7 Å². The number of carbonyl (C=O) groups is 1. The number of carbonyl (C=O) groups excluding carboxylic acids is 1. The largest absolute Gasteiger partial charge is 0.325 e. The number of hydrogen-bond donors (Lipinski definition) is 2. The molecular formula is C21H23FN4O2. The van der Waals surface area contributed by atoms with E-state index < -0.39 is 0 Å². The molecule has 7 heteroatoms. The van der Waals surface area contributed by atoms with Gasteiger partial charge in [0.2, 0.25) is 5.91 Å². The number of aryl methyl sites for hydroxylation is 1. The number of halogens is 1. The quantitative estimate of drug-likeness (QED) is 0.686. The standard InChI is InChI=1S/C21H23FN4O2/c1-13(2)26(12-20(27)23-15-9-8-14(3)17(22)10-15)11-19-24-18-7-5-4-6-16(18)21(28)25-19/h4-10,13H,11-12H2,1-3H3,(H,23,27)(H,24,25,28). The predicted octanol–water partition coefficient (Wildman–Crippen LogP) is 3.22. The molecule has 0 saturated heterocycles. The summed E-state index contributed by atoms with van der Waals surface area (Å²) in [7, 11) is 0. The van der Waals surface area contributed by atoms with Crippen LogP contribution in [0.3, 0.4) is 0 Å². The summed E-state index contributed by atoms with van der Waals surface area (Å²) in [6.45, 7) is 5.98. The molecule has 3 rings (SSSR count). The number of benzene rings is 2. The average molecular weight is 382 g/mol. The molecule has 0 fully saturated rings. The van der Waals surface area contributed by atoms with Gasteiger partial charge in [0.1, 0.15) is 11.6 Å². The van der Waals surface area contributed by atoms with Gasteiger partial charge in [0.15, 0.2) is 0 Å². The minimum absolute atomic E-state index is 0.0391. The van der Waals surface area contributed by atoms with Crippen LogP contribution in [0.15, 0.2) is 47.3 Å². The summed E-state index contributed by atoms with van der Waals surface area (Å²) < 4.78 is 13.7. The Balaban J connectivity index is 1.74. The molecule has 3 aromatic rings. The highest BCUT2D eigenvalue weighted by atomic mass is 19.1. The molecule has 0 aliphatic rings. The molecule has 0 bridgehead atoms. The van der Waals surface area contributed by atoms with Crippen LogP contribution in [0.1, 0.15) is 25.2 Å². The fraction of sp³-hybridized carbons (Fsp3) is 0.286. The number of nitrogens with one attached hydrogen (secondary N) is 2. The van der Waals surface area contributed by atoms with Gasteiger partial charge in [0.25, 0.3) is 5.56 Å². The number of aromatic amines is 1. The molecule has 1 amide bonds. The van der Waals surface area contributed by atoms with Gasteiger partial charge in [0.05, 0.1) is 24.0 Å². The minimum Gasteiger partial charge on any atom is -0.325 e. The number of fused-ring (bicyclic) bond motifs is 1. The number of H-pyrrole nitrogens is 1. The Hall–Kier alpha value is -3.06. The van der Waals surface area contributed by atoms with Crippen molar-refractivity contribution in [2.45, 2.75) is 33.4 Å².